The number of hydrogen-bond donors (Lipinski definition) is 0. The molecule has 0 N–H and O–H groups in total. The molecule has 0 spiro atoms. The van der Waals surface area contributed by atoms with Crippen LogP contribution in [0.3, 0.4) is 0 Å². The number of rotatable bonds is 1. The second-order valence-corrected chi connectivity index (χ2v) is 4.37. The Bertz CT molecular complexity index is 125. The van der Waals surface area contributed by atoms with Gasteiger partial charge in [0, 0.05) is 0 Å². The molecule has 8 heteroatoms. The van der Waals surface area contributed by atoms with Gasteiger partial charge in [0.25, 0.3) is 0 Å². The molecule has 0 radical (unpaired) electrons. The maximum atomic E-state index is 11.7. The minimum absolute atomic E-state index is 0.347. The van der Waals surface area contributed by atoms with Crippen LogP contribution in [0.25, 0.3) is 0 Å². The first kappa shape index (κ1) is 10.7. The van der Waals surface area contributed by atoms with Crippen molar-refractivity contribution in [3.8, 4) is 0 Å². The van der Waals surface area contributed by atoms with Crippen molar-refractivity contribution in [3.05, 3.63) is 0 Å². The second kappa shape index (κ2) is 2.36. The van der Waals surface area contributed by atoms with Gasteiger partial charge in [0.1, 0.15) is 0 Å². The van der Waals surface area contributed by atoms with Crippen LogP contribution in [0.1, 0.15) is 0 Å². The van der Waals surface area contributed by atoms with Gasteiger partial charge < -0.3 is 0 Å². The van der Waals surface area contributed by atoms with Crippen molar-refractivity contribution in [2.75, 3.05) is 0 Å². The van der Waals surface area contributed by atoms with E-state index in [9.17, 15) is 30.2 Å². The molecule has 0 unspecified atom stereocenters. The highest BCUT2D eigenvalue weighted by atomic mass is 28.4. The Hall–Kier alpha value is -0.273. The fraction of sp³-hybridized carbons (Fsp3) is 1.00. The Morgan fingerprint density at radius 2 is 1.18 bits per heavy atom. The van der Waals surface area contributed by atoms with Crippen molar-refractivity contribution in [1.29, 1.82) is 0 Å². The minimum atomic E-state index is -6.48. The largest absolute Gasteiger partial charge is 0.501 e. The Morgan fingerprint density at radius 1 is 0.909 bits per heavy atom. The van der Waals surface area contributed by atoms with Crippen molar-refractivity contribution < 1.29 is 30.2 Å². The molecule has 0 aromatic rings. The maximum absolute atomic E-state index is 11.7. The smallest absolute Gasteiger partial charge is 0.264 e. The lowest BCUT2D eigenvalue weighted by molar-refractivity contribution is -0.253. The summed E-state index contributed by atoms with van der Waals surface area (Å²) < 4.78 is 80.0. The van der Waals surface area contributed by atoms with E-state index in [-0.39, 0.29) is 6.55 Å². The SMILES string of the molecule is C[Si](F)(F)C(F)(F)C(F)(F)F. The van der Waals surface area contributed by atoms with Crippen molar-refractivity contribution >= 4 is 8.74 Å². The van der Waals surface area contributed by atoms with Crippen LogP contribution in [0.5, 0.6) is 0 Å². The number of hydrogen-bond acceptors (Lipinski definition) is 0. The first-order valence-electron chi connectivity index (χ1n) is 2.32. The molecule has 68 valence electrons. The normalized spacial score (nSPS) is 15.3. The Balaban J connectivity index is 4.75. The quantitative estimate of drug-likeness (QED) is 0.347. The molecule has 0 nitrogen and oxygen atoms in total. The van der Waals surface area contributed by atoms with Gasteiger partial charge in [-0.25, -0.2) is 0 Å². The molecule has 0 aromatic carbocycles. The standard InChI is InChI=1S/C3H3F7Si/c1-11(9,10)3(7,8)2(4,5)6/h1H3. The molecule has 11 heavy (non-hydrogen) atoms. The summed E-state index contributed by atoms with van der Waals surface area (Å²) in [5, 5.41) is 0. The molecule has 0 heterocycles. The molecule has 0 bridgehead atoms. The third kappa shape index (κ3) is 1.85. The van der Waals surface area contributed by atoms with Crippen LogP contribution in [-0.4, -0.2) is 20.5 Å². The molecule has 0 aliphatic carbocycles. The Labute approximate surface area is 58.4 Å². The highest BCUT2D eigenvalue weighted by Gasteiger charge is 2.73. The lowest BCUT2D eigenvalue weighted by Gasteiger charge is -2.22. The molecule has 0 aliphatic rings. The van der Waals surface area contributed by atoms with Gasteiger partial charge in [-0.2, -0.15) is 22.0 Å². The predicted molar refractivity (Wildman–Crippen MR) is 24.8 cm³/mol. The average Bonchev–Trinajstić information content (AvgIpc) is 1.58. The fourth-order valence-electron chi connectivity index (χ4n) is 0.249. The highest BCUT2D eigenvalue weighted by Crippen LogP contribution is 2.43. The summed E-state index contributed by atoms with van der Waals surface area (Å²) in [6.07, 6.45) is -6.14. The van der Waals surface area contributed by atoms with E-state index in [1.807, 2.05) is 0 Å². The van der Waals surface area contributed by atoms with Crippen LogP contribution >= 0.6 is 0 Å². The van der Waals surface area contributed by atoms with Crippen LogP contribution < -0.4 is 0 Å². The molecule has 0 aromatic heterocycles. The Kier molecular flexibility index (Phi) is 2.30. The van der Waals surface area contributed by atoms with E-state index < -0.39 is 20.5 Å². The van der Waals surface area contributed by atoms with E-state index in [0.29, 0.717) is 0 Å². The van der Waals surface area contributed by atoms with Gasteiger partial charge in [0.2, 0.25) is 0 Å². The fourth-order valence-corrected chi connectivity index (χ4v) is 0.747. The monoisotopic (exact) mass is 200 g/mol. The zero-order valence-electron chi connectivity index (χ0n) is 5.15. The van der Waals surface area contributed by atoms with E-state index >= 15 is 0 Å². The van der Waals surface area contributed by atoms with Crippen LogP contribution in [0.2, 0.25) is 6.55 Å². The minimum Gasteiger partial charge on any atom is -0.264 e. The van der Waals surface area contributed by atoms with Gasteiger partial charge in [-0.1, -0.05) is 0 Å². The molecule has 0 aliphatic heterocycles. The van der Waals surface area contributed by atoms with Gasteiger partial charge in [0.15, 0.2) is 0 Å². The van der Waals surface area contributed by atoms with Crippen LogP contribution in [0.15, 0.2) is 0 Å². The zero-order valence-corrected chi connectivity index (χ0v) is 6.15. The summed E-state index contributed by atoms with van der Waals surface area (Å²) >= 11 is 0. The van der Waals surface area contributed by atoms with E-state index in [4.69, 9.17) is 0 Å². The second-order valence-electron chi connectivity index (χ2n) is 1.96. The topological polar surface area (TPSA) is 0 Å². The van der Waals surface area contributed by atoms with Crippen molar-refractivity contribution in [2.24, 2.45) is 0 Å². The number of alkyl halides is 5. The van der Waals surface area contributed by atoms with E-state index in [0.717, 1.165) is 0 Å². The van der Waals surface area contributed by atoms with Gasteiger partial charge in [-0.05, 0) is 6.55 Å². The van der Waals surface area contributed by atoms with Gasteiger partial charge >= 0.3 is 20.5 Å². The first-order chi connectivity index (χ1) is 4.50. The Morgan fingerprint density at radius 3 is 1.18 bits per heavy atom. The summed E-state index contributed by atoms with van der Waals surface area (Å²) in [4.78, 5) is 0. The molecule has 0 amide bonds. The molecule has 0 fully saturated rings. The molecular formula is C3H3F7Si. The first-order valence-corrected chi connectivity index (χ1v) is 4.58. The third-order valence-electron chi connectivity index (χ3n) is 0.907. The molecule has 0 rings (SSSR count). The highest BCUT2D eigenvalue weighted by molar-refractivity contribution is 6.67. The molecule has 0 saturated heterocycles. The van der Waals surface area contributed by atoms with E-state index in [1.165, 1.54) is 0 Å². The summed E-state index contributed by atoms with van der Waals surface area (Å²) in [6, 6.07) is 0. The van der Waals surface area contributed by atoms with Crippen LogP contribution in [-0.2, 0) is 0 Å². The van der Waals surface area contributed by atoms with Gasteiger partial charge in [0.05, 0.1) is 0 Å². The lowest BCUT2D eigenvalue weighted by atomic mass is 10.7. The lowest BCUT2D eigenvalue weighted by Crippen LogP contribution is -2.54. The van der Waals surface area contributed by atoms with Crippen molar-refractivity contribution in [1.82, 2.24) is 0 Å². The van der Waals surface area contributed by atoms with Crippen LogP contribution in [0, 0.1) is 0 Å². The summed E-state index contributed by atoms with van der Waals surface area (Å²) in [5.74, 6) is 0. The van der Waals surface area contributed by atoms with Crippen LogP contribution in [0.4, 0.5) is 30.2 Å². The zero-order chi connectivity index (χ0) is 9.50. The third-order valence-corrected chi connectivity index (χ3v) is 2.29. The maximum Gasteiger partial charge on any atom is 0.501 e. The predicted octanol–water partition coefficient (Wildman–Crippen LogP) is 2.73. The molecule has 0 saturated carbocycles. The van der Waals surface area contributed by atoms with E-state index in [1.54, 1.807) is 0 Å². The summed E-state index contributed by atoms with van der Waals surface area (Å²) in [7, 11) is -6.48. The van der Waals surface area contributed by atoms with Gasteiger partial charge in [-0.15, -0.1) is 0 Å². The van der Waals surface area contributed by atoms with E-state index in [2.05, 4.69) is 0 Å². The van der Waals surface area contributed by atoms with Crippen molar-refractivity contribution in [2.45, 2.75) is 18.3 Å². The summed E-state index contributed by atoms with van der Waals surface area (Å²) in [6.45, 7) is -0.347. The average molecular weight is 200 g/mol. The molecule has 0 atom stereocenters. The summed E-state index contributed by atoms with van der Waals surface area (Å²) in [5.41, 5.74) is -5.82. The molecular weight excluding hydrogens is 197 g/mol. The van der Waals surface area contributed by atoms with Gasteiger partial charge in [-0.3, -0.25) is 8.22 Å². The number of halogens is 7. The van der Waals surface area contributed by atoms with Crippen molar-refractivity contribution in [3.63, 3.8) is 0 Å².